The molecule has 0 saturated heterocycles. The summed E-state index contributed by atoms with van der Waals surface area (Å²) >= 11 is 5.90. The van der Waals surface area contributed by atoms with E-state index >= 15 is 0 Å². The number of ether oxygens (including phenoxy) is 1. The van der Waals surface area contributed by atoms with Crippen LogP contribution >= 0.6 is 11.6 Å². The predicted molar refractivity (Wildman–Crippen MR) is 97.3 cm³/mol. The highest BCUT2D eigenvalue weighted by atomic mass is 35.5. The maximum absolute atomic E-state index is 12.4. The van der Waals surface area contributed by atoms with Crippen LogP contribution in [0.25, 0.3) is 0 Å². The fourth-order valence-corrected chi connectivity index (χ4v) is 2.37. The Hall–Kier alpha value is -2.34. The van der Waals surface area contributed by atoms with Crippen LogP contribution in [-0.4, -0.2) is 40.8 Å². The Bertz CT molecular complexity index is 776. The summed E-state index contributed by atoms with van der Waals surface area (Å²) in [7, 11) is 1.67. The van der Waals surface area contributed by atoms with Gasteiger partial charge in [-0.3, -0.25) is 9.59 Å². The van der Waals surface area contributed by atoms with E-state index < -0.39 is 0 Å². The molecule has 134 valence electrons. The molecule has 0 aliphatic carbocycles. The zero-order valence-corrected chi connectivity index (χ0v) is 15.2. The molecule has 0 radical (unpaired) electrons. The molecular weight excluding hydrogens is 342 g/mol. The first-order chi connectivity index (χ1) is 12.0. The largest absolute Gasteiger partial charge is 0.492 e. The average molecular weight is 364 g/mol. The number of halogens is 1. The number of likely N-dealkylation sites (N-methyl/N-ethyl adjacent to an activating group) is 1. The Labute approximate surface area is 152 Å². The highest BCUT2D eigenvalue weighted by molar-refractivity contribution is 6.30. The maximum atomic E-state index is 12.4. The van der Waals surface area contributed by atoms with Crippen LogP contribution in [-0.2, 0) is 6.54 Å². The van der Waals surface area contributed by atoms with Crippen molar-refractivity contribution >= 4 is 17.5 Å². The Kier molecular flexibility index (Phi) is 7.01. The van der Waals surface area contributed by atoms with Crippen LogP contribution in [0.1, 0.15) is 30.3 Å². The van der Waals surface area contributed by atoms with Crippen molar-refractivity contribution in [3.05, 3.63) is 57.5 Å². The zero-order valence-electron chi connectivity index (χ0n) is 14.4. The number of nitrogens with zero attached hydrogens (tertiary/aromatic N) is 3. The molecule has 1 amide bonds. The Morgan fingerprint density at radius 3 is 2.84 bits per heavy atom. The van der Waals surface area contributed by atoms with Crippen molar-refractivity contribution in [3.8, 4) is 5.75 Å². The highest BCUT2D eigenvalue weighted by Crippen LogP contribution is 2.16. The number of aryl methyl sites for hydroxylation is 1. The van der Waals surface area contributed by atoms with Gasteiger partial charge in [0.05, 0.1) is 6.54 Å². The Morgan fingerprint density at radius 2 is 2.12 bits per heavy atom. The van der Waals surface area contributed by atoms with E-state index in [9.17, 15) is 9.59 Å². The molecule has 0 saturated carbocycles. The van der Waals surface area contributed by atoms with Crippen LogP contribution in [0.3, 0.4) is 0 Å². The minimum atomic E-state index is -0.250. The third kappa shape index (κ3) is 5.60. The lowest BCUT2D eigenvalue weighted by molar-refractivity contribution is 0.0765. The van der Waals surface area contributed by atoms with Gasteiger partial charge in [0, 0.05) is 24.7 Å². The van der Waals surface area contributed by atoms with Crippen molar-refractivity contribution in [2.45, 2.75) is 26.3 Å². The smallest absolute Gasteiger partial charge is 0.274 e. The van der Waals surface area contributed by atoms with E-state index in [0.717, 1.165) is 12.8 Å². The van der Waals surface area contributed by atoms with Gasteiger partial charge in [-0.1, -0.05) is 31.0 Å². The third-order valence-corrected chi connectivity index (χ3v) is 3.88. The fraction of sp³-hybridized carbons (Fsp3) is 0.389. The van der Waals surface area contributed by atoms with Gasteiger partial charge < -0.3 is 9.64 Å². The van der Waals surface area contributed by atoms with Gasteiger partial charge in [0.25, 0.3) is 11.5 Å². The number of rotatable bonds is 8. The van der Waals surface area contributed by atoms with Crippen molar-refractivity contribution in [1.29, 1.82) is 0 Å². The van der Waals surface area contributed by atoms with E-state index in [4.69, 9.17) is 16.3 Å². The van der Waals surface area contributed by atoms with Crippen LogP contribution in [0.4, 0.5) is 0 Å². The van der Waals surface area contributed by atoms with E-state index in [1.165, 1.54) is 21.7 Å². The fourth-order valence-electron chi connectivity index (χ4n) is 2.19. The molecule has 0 fully saturated rings. The van der Waals surface area contributed by atoms with E-state index in [1.54, 1.807) is 31.3 Å². The first-order valence-corrected chi connectivity index (χ1v) is 8.61. The number of benzene rings is 1. The normalized spacial score (nSPS) is 10.5. The summed E-state index contributed by atoms with van der Waals surface area (Å²) in [6, 6.07) is 9.93. The summed E-state index contributed by atoms with van der Waals surface area (Å²) in [6.45, 7) is 3.27. The first-order valence-electron chi connectivity index (χ1n) is 8.23. The molecule has 1 aromatic heterocycles. The molecule has 0 unspecified atom stereocenters. The number of amides is 1. The molecule has 0 atom stereocenters. The van der Waals surface area contributed by atoms with Crippen molar-refractivity contribution in [1.82, 2.24) is 14.7 Å². The highest BCUT2D eigenvalue weighted by Gasteiger charge is 2.14. The second-order valence-electron chi connectivity index (χ2n) is 5.67. The molecule has 0 N–H and O–H groups in total. The molecule has 2 rings (SSSR count). The molecule has 25 heavy (non-hydrogen) atoms. The van der Waals surface area contributed by atoms with Gasteiger partial charge in [0.1, 0.15) is 18.1 Å². The summed E-state index contributed by atoms with van der Waals surface area (Å²) in [5.41, 5.74) is 0.0536. The van der Waals surface area contributed by atoms with E-state index in [0.29, 0.717) is 30.5 Å². The van der Waals surface area contributed by atoms with E-state index in [-0.39, 0.29) is 17.2 Å². The topological polar surface area (TPSA) is 64.4 Å². The monoisotopic (exact) mass is 363 g/mol. The molecular formula is C18H22ClN3O3. The molecule has 1 aromatic carbocycles. The molecule has 0 aliphatic rings. The van der Waals surface area contributed by atoms with Gasteiger partial charge in [0.15, 0.2) is 0 Å². The maximum Gasteiger partial charge on any atom is 0.274 e. The number of aromatic nitrogens is 2. The number of carbonyl (C=O) groups is 1. The van der Waals surface area contributed by atoms with Gasteiger partial charge in [-0.05, 0) is 30.7 Å². The second kappa shape index (κ2) is 9.22. The SMILES string of the molecule is CCCCn1nc(C(=O)N(C)CCOc2cccc(Cl)c2)ccc1=O. The minimum absolute atomic E-state index is 0.197. The van der Waals surface area contributed by atoms with Gasteiger partial charge >= 0.3 is 0 Å². The minimum Gasteiger partial charge on any atom is -0.492 e. The number of carbonyl (C=O) groups excluding carboxylic acids is 1. The number of unbranched alkanes of at least 4 members (excludes halogenated alkanes) is 1. The van der Waals surface area contributed by atoms with Gasteiger partial charge in [-0.2, -0.15) is 5.10 Å². The number of hydrogen-bond acceptors (Lipinski definition) is 4. The van der Waals surface area contributed by atoms with Crippen LogP contribution in [0, 0.1) is 0 Å². The van der Waals surface area contributed by atoms with Gasteiger partial charge in [-0.25, -0.2) is 4.68 Å². The van der Waals surface area contributed by atoms with Gasteiger partial charge in [0.2, 0.25) is 0 Å². The van der Waals surface area contributed by atoms with Gasteiger partial charge in [-0.15, -0.1) is 0 Å². The molecule has 0 bridgehead atoms. The quantitative estimate of drug-likeness (QED) is 0.723. The summed E-state index contributed by atoms with van der Waals surface area (Å²) in [5, 5.41) is 4.76. The Balaban J connectivity index is 1.94. The summed E-state index contributed by atoms with van der Waals surface area (Å²) < 4.78 is 6.93. The number of hydrogen-bond donors (Lipinski definition) is 0. The standard InChI is InChI=1S/C18H22ClN3O3/c1-3-4-10-22-17(23)9-8-16(20-22)18(24)21(2)11-12-25-15-7-5-6-14(19)13-15/h5-9,13H,3-4,10-12H2,1-2H3. The van der Waals surface area contributed by atoms with Crippen LogP contribution in [0.5, 0.6) is 5.75 Å². The molecule has 7 heteroatoms. The lowest BCUT2D eigenvalue weighted by Gasteiger charge is -2.17. The van der Waals surface area contributed by atoms with Crippen LogP contribution in [0.15, 0.2) is 41.2 Å². The zero-order chi connectivity index (χ0) is 18.2. The average Bonchev–Trinajstić information content (AvgIpc) is 2.60. The second-order valence-corrected chi connectivity index (χ2v) is 6.10. The molecule has 6 nitrogen and oxygen atoms in total. The lowest BCUT2D eigenvalue weighted by atomic mass is 10.3. The van der Waals surface area contributed by atoms with Crippen molar-refractivity contribution in [2.24, 2.45) is 0 Å². The summed E-state index contributed by atoms with van der Waals surface area (Å²) in [6.07, 6.45) is 1.79. The molecule has 1 heterocycles. The molecule has 2 aromatic rings. The van der Waals surface area contributed by atoms with E-state index in [1.807, 2.05) is 6.92 Å². The summed E-state index contributed by atoms with van der Waals surface area (Å²) in [5.74, 6) is 0.402. The first kappa shape index (κ1) is 19.0. The van der Waals surface area contributed by atoms with Crippen molar-refractivity contribution in [2.75, 3.05) is 20.2 Å². The molecule has 0 aliphatic heterocycles. The third-order valence-electron chi connectivity index (χ3n) is 3.65. The van der Waals surface area contributed by atoms with Crippen LogP contribution in [0.2, 0.25) is 5.02 Å². The summed E-state index contributed by atoms with van der Waals surface area (Å²) in [4.78, 5) is 25.7. The van der Waals surface area contributed by atoms with Crippen molar-refractivity contribution < 1.29 is 9.53 Å². The Morgan fingerprint density at radius 1 is 1.32 bits per heavy atom. The molecule has 0 spiro atoms. The van der Waals surface area contributed by atoms with Crippen LogP contribution < -0.4 is 10.3 Å². The predicted octanol–water partition coefficient (Wildman–Crippen LogP) is 2.85. The van der Waals surface area contributed by atoms with Crippen molar-refractivity contribution in [3.63, 3.8) is 0 Å². The lowest BCUT2D eigenvalue weighted by Crippen LogP contribution is -2.33. The van der Waals surface area contributed by atoms with E-state index in [2.05, 4.69) is 5.10 Å².